The summed E-state index contributed by atoms with van der Waals surface area (Å²) in [5.41, 5.74) is 2.93. The molecule has 0 amide bonds. The molecule has 0 spiro atoms. The highest BCUT2D eigenvalue weighted by Crippen LogP contribution is 2.18. The summed E-state index contributed by atoms with van der Waals surface area (Å²) in [6.45, 7) is 2.29. The van der Waals surface area contributed by atoms with E-state index in [2.05, 4.69) is 5.32 Å². The minimum atomic E-state index is 0.120. The topological polar surface area (TPSA) is 29.1 Å². The maximum atomic E-state index is 11.9. The third kappa shape index (κ3) is 4.11. The van der Waals surface area contributed by atoms with E-state index in [0.717, 1.165) is 16.8 Å². The number of carbonyl (C=O) groups is 1. The zero-order chi connectivity index (χ0) is 13.7. The molecular formula is C16H16ClNO. The van der Waals surface area contributed by atoms with Gasteiger partial charge >= 0.3 is 0 Å². The van der Waals surface area contributed by atoms with Gasteiger partial charge in [-0.15, -0.1) is 0 Å². The minimum absolute atomic E-state index is 0.120. The number of anilines is 1. The molecule has 0 bridgehead atoms. The first-order valence-electron chi connectivity index (χ1n) is 6.21. The molecule has 0 atom stereocenters. The monoisotopic (exact) mass is 273 g/mol. The Morgan fingerprint density at radius 3 is 2.58 bits per heavy atom. The number of para-hydroxylation sites is 1. The highest BCUT2D eigenvalue weighted by molar-refractivity contribution is 6.31. The number of rotatable bonds is 5. The molecule has 0 aliphatic carbocycles. The molecule has 1 N–H and O–H groups in total. The van der Waals surface area contributed by atoms with E-state index >= 15 is 0 Å². The van der Waals surface area contributed by atoms with E-state index in [1.54, 1.807) is 0 Å². The lowest BCUT2D eigenvalue weighted by Gasteiger charge is -2.07. The van der Waals surface area contributed by atoms with Crippen molar-refractivity contribution >= 4 is 23.1 Å². The van der Waals surface area contributed by atoms with Crippen molar-refractivity contribution in [2.75, 3.05) is 11.9 Å². The van der Waals surface area contributed by atoms with Gasteiger partial charge in [-0.3, -0.25) is 4.79 Å². The van der Waals surface area contributed by atoms with E-state index in [9.17, 15) is 4.79 Å². The van der Waals surface area contributed by atoms with Gasteiger partial charge in [0.05, 0.1) is 6.54 Å². The largest absolute Gasteiger partial charge is 0.378 e. The summed E-state index contributed by atoms with van der Waals surface area (Å²) in [6, 6.07) is 15.5. The smallest absolute Gasteiger partial charge is 0.156 e. The molecule has 0 radical (unpaired) electrons. The van der Waals surface area contributed by atoms with Crippen LogP contribution in [-0.2, 0) is 11.2 Å². The maximum absolute atomic E-state index is 11.9. The van der Waals surface area contributed by atoms with Crippen molar-refractivity contribution in [3.63, 3.8) is 0 Å². The molecule has 0 heterocycles. The van der Waals surface area contributed by atoms with Crippen LogP contribution in [0, 0.1) is 6.92 Å². The number of hydrogen-bond acceptors (Lipinski definition) is 2. The predicted molar refractivity (Wildman–Crippen MR) is 79.8 cm³/mol. The fraction of sp³-hybridized carbons (Fsp3) is 0.188. The Morgan fingerprint density at radius 1 is 1.16 bits per heavy atom. The summed E-state index contributed by atoms with van der Waals surface area (Å²) >= 11 is 6.12. The Balaban J connectivity index is 1.91. The van der Waals surface area contributed by atoms with E-state index in [0.29, 0.717) is 18.0 Å². The Hall–Kier alpha value is -1.80. The second-order valence-electron chi connectivity index (χ2n) is 4.53. The molecule has 0 aliphatic heterocycles. The normalized spacial score (nSPS) is 10.2. The fourth-order valence-corrected chi connectivity index (χ4v) is 2.13. The number of aryl methyl sites for hydroxylation is 1. The summed E-state index contributed by atoms with van der Waals surface area (Å²) in [5, 5.41) is 3.76. The van der Waals surface area contributed by atoms with Gasteiger partial charge in [0.25, 0.3) is 0 Å². The average molecular weight is 274 g/mol. The molecule has 0 aromatic heterocycles. The zero-order valence-electron chi connectivity index (χ0n) is 10.8. The van der Waals surface area contributed by atoms with Crippen molar-refractivity contribution in [3.8, 4) is 0 Å². The van der Waals surface area contributed by atoms with Crippen molar-refractivity contribution in [2.24, 2.45) is 0 Å². The van der Waals surface area contributed by atoms with Crippen LogP contribution in [0.5, 0.6) is 0 Å². The van der Waals surface area contributed by atoms with Gasteiger partial charge < -0.3 is 5.32 Å². The molecule has 19 heavy (non-hydrogen) atoms. The Kier molecular flexibility index (Phi) is 4.58. The summed E-state index contributed by atoms with van der Waals surface area (Å²) < 4.78 is 0. The zero-order valence-corrected chi connectivity index (χ0v) is 11.6. The van der Waals surface area contributed by atoms with E-state index in [1.165, 1.54) is 0 Å². The van der Waals surface area contributed by atoms with E-state index in [1.807, 2.05) is 55.5 Å². The van der Waals surface area contributed by atoms with Gasteiger partial charge in [-0.05, 0) is 36.2 Å². The lowest BCUT2D eigenvalue weighted by atomic mass is 10.1. The molecule has 0 saturated heterocycles. The van der Waals surface area contributed by atoms with Gasteiger partial charge in [0, 0.05) is 17.1 Å². The number of carbonyl (C=O) groups excluding carboxylic acids is 1. The molecule has 2 aromatic rings. The third-order valence-corrected chi connectivity index (χ3v) is 3.21. The van der Waals surface area contributed by atoms with E-state index in [-0.39, 0.29) is 5.78 Å². The molecular weight excluding hydrogens is 258 g/mol. The standard InChI is InChI=1S/C16H16ClNO/c1-12-7-8-13(16(17)9-12)10-15(19)11-18-14-5-3-2-4-6-14/h2-9,18H,10-11H2,1H3. The summed E-state index contributed by atoms with van der Waals surface area (Å²) in [4.78, 5) is 11.9. The average Bonchev–Trinajstić information content (AvgIpc) is 2.41. The molecule has 0 saturated carbocycles. The van der Waals surface area contributed by atoms with Crippen LogP contribution >= 0.6 is 11.6 Å². The Morgan fingerprint density at radius 2 is 1.89 bits per heavy atom. The molecule has 0 fully saturated rings. The van der Waals surface area contributed by atoms with Gasteiger partial charge in [-0.1, -0.05) is 41.9 Å². The van der Waals surface area contributed by atoms with Gasteiger partial charge in [-0.25, -0.2) is 0 Å². The second-order valence-corrected chi connectivity index (χ2v) is 4.94. The number of ketones is 1. The predicted octanol–water partition coefficient (Wildman–Crippen LogP) is 3.87. The van der Waals surface area contributed by atoms with E-state index in [4.69, 9.17) is 11.6 Å². The highest BCUT2D eigenvalue weighted by atomic mass is 35.5. The third-order valence-electron chi connectivity index (χ3n) is 2.86. The van der Waals surface area contributed by atoms with Crippen LogP contribution in [0.2, 0.25) is 5.02 Å². The molecule has 2 aromatic carbocycles. The molecule has 3 heteroatoms. The van der Waals surface area contributed by atoms with Crippen molar-refractivity contribution < 1.29 is 4.79 Å². The first-order valence-corrected chi connectivity index (χ1v) is 6.58. The highest BCUT2D eigenvalue weighted by Gasteiger charge is 2.07. The summed E-state index contributed by atoms with van der Waals surface area (Å²) in [6.07, 6.45) is 0.360. The molecule has 0 unspecified atom stereocenters. The molecule has 0 aliphatic rings. The first kappa shape index (κ1) is 13.6. The van der Waals surface area contributed by atoms with Crippen LogP contribution in [-0.4, -0.2) is 12.3 Å². The Bertz CT molecular complexity index is 566. The van der Waals surface area contributed by atoms with Crippen LogP contribution in [0.4, 0.5) is 5.69 Å². The van der Waals surface area contributed by atoms with E-state index < -0.39 is 0 Å². The van der Waals surface area contributed by atoms with Crippen LogP contribution in [0.3, 0.4) is 0 Å². The van der Waals surface area contributed by atoms with Crippen LogP contribution in [0.1, 0.15) is 11.1 Å². The molecule has 2 rings (SSSR count). The number of benzene rings is 2. The quantitative estimate of drug-likeness (QED) is 0.896. The van der Waals surface area contributed by atoms with Crippen LogP contribution < -0.4 is 5.32 Å². The summed E-state index contributed by atoms with van der Waals surface area (Å²) in [5.74, 6) is 0.120. The molecule has 98 valence electrons. The van der Waals surface area contributed by atoms with Gasteiger partial charge in [0.2, 0.25) is 0 Å². The molecule has 2 nitrogen and oxygen atoms in total. The van der Waals surface area contributed by atoms with Crippen LogP contribution in [0.25, 0.3) is 0 Å². The number of nitrogens with one attached hydrogen (secondary N) is 1. The lowest BCUT2D eigenvalue weighted by Crippen LogP contribution is -2.16. The maximum Gasteiger partial charge on any atom is 0.156 e. The lowest BCUT2D eigenvalue weighted by molar-refractivity contribution is -0.116. The van der Waals surface area contributed by atoms with Crippen molar-refractivity contribution in [1.29, 1.82) is 0 Å². The van der Waals surface area contributed by atoms with Gasteiger partial charge in [0.1, 0.15) is 0 Å². The first-order chi connectivity index (χ1) is 9.15. The Labute approximate surface area is 118 Å². The van der Waals surface area contributed by atoms with Crippen molar-refractivity contribution in [1.82, 2.24) is 0 Å². The number of hydrogen-bond donors (Lipinski definition) is 1. The second kappa shape index (κ2) is 6.39. The van der Waals surface area contributed by atoms with Gasteiger partial charge in [-0.2, -0.15) is 0 Å². The van der Waals surface area contributed by atoms with Crippen molar-refractivity contribution in [2.45, 2.75) is 13.3 Å². The fourth-order valence-electron chi connectivity index (χ4n) is 1.83. The minimum Gasteiger partial charge on any atom is -0.378 e. The SMILES string of the molecule is Cc1ccc(CC(=O)CNc2ccccc2)c(Cl)c1. The number of Topliss-reactive ketones (excluding diaryl/α,β-unsaturated/α-hetero) is 1. The van der Waals surface area contributed by atoms with Crippen LogP contribution in [0.15, 0.2) is 48.5 Å². The van der Waals surface area contributed by atoms with Gasteiger partial charge in [0.15, 0.2) is 5.78 Å². The summed E-state index contributed by atoms with van der Waals surface area (Å²) in [7, 11) is 0. The number of halogens is 1. The van der Waals surface area contributed by atoms with Crippen molar-refractivity contribution in [3.05, 3.63) is 64.7 Å².